The van der Waals surface area contributed by atoms with Crippen LogP contribution in [0.2, 0.25) is 0 Å². The first kappa shape index (κ1) is 17.0. The monoisotopic (exact) mass is 320 g/mol. The Kier molecular flexibility index (Phi) is 6.17. The molecule has 0 fully saturated rings. The Labute approximate surface area is 133 Å². The number of carbonyl (C=O) groups excluding carboxylic acids is 1. The number of aliphatic hydroxyl groups excluding tert-OH is 1. The van der Waals surface area contributed by atoms with Crippen molar-refractivity contribution in [3.63, 3.8) is 0 Å². The Morgan fingerprint density at radius 3 is 2.57 bits per heavy atom. The van der Waals surface area contributed by atoms with Crippen LogP contribution in [-0.2, 0) is 11.2 Å². The van der Waals surface area contributed by atoms with Gasteiger partial charge in [0.05, 0.1) is 5.56 Å². The summed E-state index contributed by atoms with van der Waals surface area (Å²) in [7, 11) is 0. The number of aryl methyl sites for hydroxylation is 1. The molecule has 0 bridgehead atoms. The molecule has 2 N–H and O–H groups in total. The lowest BCUT2D eigenvalue weighted by atomic mass is 10.1. The number of rotatable bonds is 7. The minimum absolute atomic E-state index is 0.236. The van der Waals surface area contributed by atoms with Crippen molar-refractivity contribution in [3.8, 4) is 0 Å². The quantitative estimate of drug-likeness (QED) is 0.824. The summed E-state index contributed by atoms with van der Waals surface area (Å²) in [5.74, 6) is -1.94. The molecule has 0 aliphatic rings. The Bertz CT molecular complexity index is 630. The van der Waals surface area contributed by atoms with Gasteiger partial charge in [0.1, 0.15) is 17.7 Å². The van der Waals surface area contributed by atoms with E-state index in [1.54, 1.807) is 6.20 Å². The van der Waals surface area contributed by atoms with Gasteiger partial charge in [-0.15, -0.1) is 0 Å². The number of aromatic nitrogens is 1. The van der Waals surface area contributed by atoms with Gasteiger partial charge in [0.25, 0.3) is 0 Å². The molecule has 0 spiro atoms. The zero-order chi connectivity index (χ0) is 16.7. The first-order chi connectivity index (χ1) is 11.1. The molecule has 1 aromatic heterocycles. The third-order valence-electron chi connectivity index (χ3n) is 3.39. The summed E-state index contributed by atoms with van der Waals surface area (Å²) in [6, 6.07) is 8.92. The maximum absolute atomic E-state index is 13.5. The largest absolute Gasteiger partial charge is 0.386 e. The summed E-state index contributed by atoms with van der Waals surface area (Å²) >= 11 is 0. The number of halogens is 2. The van der Waals surface area contributed by atoms with Crippen molar-refractivity contribution in [2.24, 2.45) is 0 Å². The van der Waals surface area contributed by atoms with Crippen LogP contribution < -0.4 is 5.32 Å². The van der Waals surface area contributed by atoms with Gasteiger partial charge in [-0.1, -0.05) is 12.1 Å². The summed E-state index contributed by atoms with van der Waals surface area (Å²) in [4.78, 5) is 15.9. The van der Waals surface area contributed by atoms with E-state index in [2.05, 4.69) is 10.3 Å². The fourth-order valence-electron chi connectivity index (χ4n) is 2.21. The number of hydrogen-bond acceptors (Lipinski definition) is 3. The molecule has 2 rings (SSSR count). The minimum Gasteiger partial charge on any atom is -0.386 e. The van der Waals surface area contributed by atoms with E-state index in [-0.39, 0.29) is 18.9 Å². The van der Waals surface area contributed by atoms with E-state index in [0.29, 0.717) is 12.8 Å². The summed E-state index contributed by atoms with van der Waals surface area (Å²) in [5.41, 5.74) is 0.468. The van der Waals surface area contributed by atoms with Gasteiger partial charge in [0, 0.05) is 24.9 Å². The fraction of sp³-hybridized carbons (Fsp3) is 0.294. The van der Waals surface area contributed by atoms with E-state index in [0.717, 1.165) is 17.8 Å². The number of amides is 1. The third kappa shape index (κ3) is 5.10. The molecule has 0 aliphatic heterocycles. The highest BCUT2D eigenvalue weighted by Crippen LogP contribution is 2.19. The number of benzene rings is 1. The second-order valence-electron chi connectivity index (χ2n) is 5.13. The van der Waals surface area contributed by atoms with Gasteiger partial charge in [-0.2, -0.15) is 0 Å². The first-order valence-corrected chi connectivity index (χ1v) is 7.36. The highest BCUT2D eigenvalue weighted by molar-refractivity contribution is 5.75. The Hall–Kier alpha value is -2.34. The zero-order valence-corrected chi connectivity index (χ0v) is 12.5. The number of nitrogens with zero attached hydrogens (tertiary/aromatic N) is 1. The molecule has 0 saturated carbocycles. The normalized spacial score (nSPS) is 12.0. The smallest absolute Gasteiger partial charge is 0.220 e. The molecular weight excluding hydrogens is 302 g/mol. The van der Waals surface area contributed by atoms with Crippen molar-refractivity contribution in [2.45, 2.75) is 25.4 Å². The Morgan fingerprint density at radius 1 is 1.17 bits per heavy atom. The van der Waals surface area contributed by atoms with Gasteiger partial charge in [0.15, 0.2) is 0 Å². The number of nitrogens with one attached hydrogen (secondary N) is 1. The van der Waals surface area contributed by atoms with Crippen LogP contribution in [0.5, 0.6) is 0 Å². The summed E-state index contributed by atoms with van der Waals surface area (Å²) in [6.45, 7) is -0.236. The van der Waals surface area contributed by atoms with E-state index >= 15 is 0 Å². The van der Waals surface area contributed by atoms with Crippen molar-refractivity contribution >= 4 is 5.91 Å². The van der Waals surface area contributed by atoms with Gasteiger partial charge in [-0.05, 0) is 37.1 Å². The lowest BCUT2D eigenvalue weighted by Gasteiger charge is -2.13. The lowest BCUT2D eigenvalue weighted by Crippen LogP contribution is -2.29. The molecule has 0 unspecified atom stereocenters. The van der Waals surface area contributed by atoms with Crippen LogP contribution in [-0.4, -0.2) is 22.5 Å². The number of hydrogen-bond donors (Lipinski definition) is 2. The highest BCUT2D eigenvalue weighted by atomic mass is 19.1. The van der Waals surface area contributed by atoms with Crippen molar-refractivity contribution in [3.05, 3.63) is 65.5 Å². The van der Waals surface area contributed by atoms with Crippen molar-refractivity contribution < 1.29 is 18.7 Å². The van der Waals surface area contributed by atoms with Crippen LogP contribution in [0.3, 0.4) is 0 Å². The number of carbonyl (C=O) groups is 1. The van der Waals surface area contributed by atoms with Gasteiger partial charge >= 0.3 is 0 Å². The SMILES string of the molecule is O=C(CCCc1ccccn1)NC[C@H](O)c1c(F)cccc1F. The van der Waals surface area contributed by atoms with E-state index in [4.69, 9.17) is 0 Å². The van der Waals surface area contributed by atoms with Crippen LogP contribution in [0, 0.1) is 11.6 Å². The topological polar surface area (TPSA) is 62.2 Å². The molecule has 1 amide bonds. The Morgan fingerprint density at radius 2 is 1.91 bits per heavy atom. The van der Waals surface area contributed by atoms with Gasteiger partial charge < -0.3 is 10.4 Å². The van der Waals surface area contributed by atoms with Crippen LogP contribution in [0.1, 0.15) is 30.2 Å². The second kappa shape index (κ2) is 8.33. The van der Waals surface area contributed by atoms with Crippen LogP contribution in [0.4, 0.5) is 8.78 Å². The predicted octanol–water partition coefficient (Wildman–Crippen LogP) is 2.53. The molecule has 6 heteroatoms. The molecule has 0 aliphatic carbocycles. The van der Waals surface area contributed by atoms with Crippen LogP contribution >= 0.6 is 0 Å². The van der Waals surface area contributed by atoms with Crippen molar-refractivity contribution in [2.75, 3.05) is 6.54 Å². The predicted molar refractivity (Wildman–Crippen MR) is 81.5 cm³/mol. The minimum atomic E-state index is -1.42. The molecule has 4 nitrogen and oxygen atoms in total. The fourth-order valence-corrected chi connectivity index (χ4v) is 2.21. The second-order valence-corrected chi connectivity index (χ2v) is 5.13. The highest BCUT2D eigenvalue weighted by Gasteiger charge is 2.18. The molecule has 1 heterocycles. The Balaban J connectivity index is 1.76. The molecular formula is C17H18F2N2O2. The van der Waals surface area contributed by atoms with Gasteiger partial charge in [-0.25, -0.2) is 8.78 Å². The summed E-state index contributed by atoms with van der Waals surface area (Å²) in [6.07, 6.45) is 1.79. The lowest BCUT2D eigenvalue weighted by molar-refractivity contribution is -0.121. The van der Waals surface area contributed by atoms with Crippen molar-refractivity contribution in [1.82, 2.24) is 10.3 Å². The maximum atomic E-state index is 13.5. The average molecular weight is 320 g/mol. The molecule has 1 atom stereocenters. The first-order valence-electron chi connectivity index (χ1n) is 7.36. The zero-order valence-electron chi connectivity index (χ0n) is 12.5. The van der Waals surface area contributed by atoms with E-state index in [1.807, 2.05) is 18.2 Å². The molecule has 122 valence electrons. The standard InChI is InChI=1S/C17H18F2N2O2/c18-13-7-4-8-14(19)17(13)15(22)11-21-16(23)9-3-6-12-5-1-2-10-20-12/h1-2,4-5,7-8,10,15,22H,3,6,9,11H2,(H,21,23)/t15-/m0/s1. The molecule has 0 radical (unpaired) electrons. The summed E-state index contributed by atoms with van der Waals surface area (Å²) < 4.78 is 27.0. The molecule has 23 heavy (non-hydrogen) atoms. The van der Waals surface area contributed by atoms with Crippen molar-refractivity contribution in [1.29, 1.82) is 0 Å². The molecule has 1 aromatic carbocycles. The van der Waals surface area contributed by atoms with E-state index < -0.39 is 23.3 Å². The third-order valence-corrected chi connectivity index (χ3v) is 3.39. The summed E-state index contributed by atoms with van der Waals surface area (Å²) in [5, 5.41) is 12.3. The van der Waals surface area contributed by atoms with Gasteiger partial charge in [-0.3, -0.25) is 9.78 Å². The van der Waals surface area contributed by atoms with Crippen LogP contribution in [0.25, 0.3) is 0 Å². The average Bonchev–Trinajstić information content (AvgIpc) is 2.54. The van der Waals surface area contributed by atoms with E-state index in [1.165, 1.54) is 6.07 Å². The number of pyridine rings is 1. The maximum Gasteiger partial charge on any atom is 0.220 e. The van der Waals surface area contributed by atoms with Crippen LogP contribution in [0.15, 0.2) is 42.6 Å². The number of aliphatic hydroxyl groups is 1. The molecule has 0 saturated heterocycles. The van der Waals surface area contributed by atoms with E-state index in [9.17, 15) is 18.7 Å². The van der Waals surface area contributed by atoms with Gasteiger partial charge in [0.2, 0.25) is 5.91 Å². The molecule has 2 aromatic rings.